The van der Waals surface area contributed by atoms with E-state index in [4.69, 9.17) is 5.73 Å². The highest BCUT2D eigenvalue weighted by molar-refractivity contribution is 7.98. The van der Waals surface area contributed by atoms with Crippen LogP contribution >= 0.6 is 11.8 Å². The highest BCUT2D eigenvalue weighted by atomic mass is 32.2. The molecule has 2 aromatic rings. The second-order valence-corrected chi connectivity index (χ2v) is 3.40. The fourth-order valence-corrected chi connectivity index (χ4v) is 1.59. The van der Waals surface area contributed by atoms with Crippen LogP contribution in [-0.2, 0) is 0 Å². The van der Waals surface area contributed by atoms with Gasteiger partial charge in [0.15, 0.2) is 5.82 Å². The van der Waals surface area contributed by atoms with Gasteiger partial charge < -0.3 is 5.73 Å². The summed E-state index contributed by atoms with van der Waals surface area (Å²) in [4.78, 5) is 1.21. The first kappa shape index (κ1) is 7.49. The third kappa shape index (κ3) is 1.04. The second kappa shape index (κ2) is 2.71. The molecule has 0 atom stereocenters. The van der Waals surface area contributed by atoms with Crippen molar-refractivity contribution in [3.8, 4) is 0 Å². The number of aromatic nitrogens is 2. The molecule has 62 valence electrons. The van der Waals surface area contributed by atoms with Crippen LogP contribution in [0.15, 0.2) is 23.1 Å². The lowest BCUT2D eigenvalue weighted by Gasteiger charge is -1.94. The number of hydrogen-bond acceptors (Lipinski definition) is 3. The van der Waals surface area contributed by atoms with Gasteiger partial charge in [-0.1, -0.05) is 0 Å². The molecule has 0 bridgehead atoms. The van der Waals surface area contributed by atoms with Gasteiger partial charge in [0.05, 0.1) is 5.52 Å². The van der Waals surface area contributed by atoms with E-state index in [9.17, 15) is 0 Å². The molecule has 0 radical (unpaired) electrons. The number of aromatic amines is 1. The quantitative estimate of drug-likeness (QED) is 0.657. The van der Waals surface area contributed by atoms with Crippen molar-refractivity contribution < 1.29 is 0 Å². The Bertz CT molecular complexity index is 408. The summed E-state index contributed by atoms with van der Waals surface area (Å²) in [6, 6.07) is 6.07. The predicted molar refractivity (Wildman–Crippen MR) is 52.3 cm³/mol. The first-order valence-electron chi connectivity index (χ1n) is 3.59. The van der Waals surface area contributed by atoms with E-state index in [2.05, 4.69) is 10.2 Å². The predicted octanol–water partition coefficient (Wildman–Crippen LogP) is 1.87. The van der Waals surface area contributed by atoms with Crippen LogP contribution in [0.1, 0.15) is 0 Å². The Hall–Kier alpha value is -1.16. The smallest absolute Gasteiger partial charge is 0.153 e. The number of nitrogens with one attached hydrogen (secondary N) is 1. The van der Waals surface area contributed by atoms with Gasteiger partial charge in [-0.05, 0) is 24.5 Å². The zero-order chi connectivity index (χ0) is 8.55. The molecule has 0 amide bonds. The number of thioether (sulfide) groups is 1. The number of nitrogens with zero attached hydrogens (tertiary/aromatic N) is 1. The van der Waals surface area contributed by atoms with Gasteiger partial charge in [-0.15, -0.1) is 11.8 Å². The number of H-pyrrole nitrogens is 1. The van der Waals surface area contributed by atoms with E-state index in [1.807, 2.05) is 24.5 Å². The highest BCUT2D eigenvalue weighted by Crippen LogP contribution is 2.23. The van der Waals surface area contributed by atoms with Gasteiger partial charge in [0.1, 0.15) is 0 Å². The van der Waals surface area contributed by atoms with E-state index >= 15 is 0 Å². The zero-order valence-electron chi connectivity index (χ0n) is 6.66. The van der Waals surface area contributed by atoms with Crippen LogP contribution in [0, 0.1) is 0 Å². The van der Waals surface area contributed by atoms with Crippen molar-refractivity contribution in [2.75, 3.05) is 12.0 Å². The number of anilines is 1. The lowest BCUT2D eigenvalue weighted by atomic mass is 10.2. The molecule has 1 aromatic carbocycles. The van der Waals surface area contributed by atoms with Gasteiger partial charge in [0.25, 0.3) is 0 Å². The maximum absolute atomic E-state index is 5.62. The van der Waals surface area contributed by atoms with Crippen LogP contribution in [0.25, 0.3) is 10.9 Å². The molecule has 0 saturated carbocycles. The average molecular weight is 179 g/mol. The van der Waals surface area contributed by atoms with Crippen LogP contribution in [0.2, 0.25) is 0 Å². The Labute approximate surface area is 74.3 Å². The SMILES string of the molecule is CSc1ccc2c(N)n[nH]c2c1. The Balaban J connectivity index is 2.69. The van der Waals surface area contributed by atoms with Crippen molar-refractivity contribution >= 4 is 28.5 Å². The van der Waals surface area contributed by atoms with Gasteiger partial charge in [0, 0.05) is 10.3 Å². The van der Waals surface area contributed by atoms with E-state index in [0.717, 1.165) is 10.9 Å². The fraction of sp³-hybridized carbons (Fsp3) is 0.125. The topological polar surface area (TPSA) is 54.7 Å². The van der Waals surface area contributed by atoms with Crippen molar-refractivity contribution in [3.05, 3.63) is 18.2 Å². The minimum Gasteiger partial charge on any atom is -0.382 e. The molecule has 2 rings (SSSR count). The Morgan fingerprint density at radius 1 is 1.50 bits per heavy atom. The van der Waals surface area contributed by atoms with E-state index in [-0.39, 0.29) is 0 Å². The standard InChI is InChI=1S/C8H9N3S/c1-12-5-2-3-6-7(4-5)10-11-8(6)9/h2-4H,1H3,(H3,9,10,11). The normalized spacial score (nSPS) is 10.8. The number of rotatable bonds is 1. The Morgan fingerprint density at radius 2 is 2.33 bits per heavy atom. The highest BCUT2D eigenvalue weighted by Gasteiger charge is 2.01. The molecular formula is C8H9N3S. The molecule has 0 unspecified atom stereocenters. The van der Waals surface area contributed by atoms with Crippen molar-refractivity contribution in [1.82, 2.24) is 10.2 Å². The van der Waals surface area contributed by atoms with Crippen LogP contribution in [0.3, 0.4) is 0 Å². The summed E-state index contributed by atoms with van der Waals surface area (Å²) in [6.45, 7) is 0. The van der Waals surface area contributed by atoms with Crippen LogP contribution in [0.4, 0.5) is 5.82 Å². The Kier molecular flexibility index (Phi) is 1.69. The maximum Gasteiger partial charge on any atom is 0.153 e. The largest absolute Gasteiger partial charge is 0.382 e. The number of hydrogen-bond donors (Lipinski definition) is 2. The van der Waals surface area contributed by atoms with Crippen LogP contribution in [-0.4, -0.2) is 16.5 Å². The molecule has 1 heterocycles. The molecule has 12 heavy (non-hydrogen) atoms. The molecular weight excluding hydrogens is 170 g/mol. The molecule has 3 N–H and O–H groups in total. The van der Waals surface area contributed by atoms with E-state index in [0.29, 0.717) is 5.82 Å². The summed E-state index contributed by atoms with van der Waals surface area (Å²) in [5.41, 5.74) is 6.62. The minimum atomic E-state index is 0.567. The van der Waals surface area contributed by atoms with E-state index in [1.54, 1.807) is 11.8 Å². The number of nitrogens with two attached hydrogens (primary N) is 1. The van der Waals surface area contributed by atoms with Crippen LogP contribution < -0.4 is 5.73 Å². The summed E-state index contributed by atoms with van der Waals surface area (Å²) in [7, 11) is 0. The second-order valence-electron chi connectivity index (χ2n) is 2.52. The molecule has 0 fully saturated rings. The molecule has 0 spiro atoms. The fourth-order valence-electron chi connectivity index (χ4n) is 1.15. The van der Waals surface area contributed by atoms with Gasteiger partial charge >= 0.3 is 0 Å². The average Bonchev–Trinajstić information content (AvgIpc) is 2.47. The van der Waals surface area contributed by atoms with Crippen molar-refractivity contribution in [2.24, 2.45) is 0 Å². The van der Waals surface area contributed by atoms with E-state index in [1.165, 1.54) is 4.90 Å². The van der Waals surface area contributed by atoms with Crippen molar-refractivity contribution in [2.45, 2.75) is 4.90 Å². The first-order chi connectivity index (χ1) is 5.81. The maximum atomic E-state index is 5.62. The van der Waals surface area contributed by atoms with Gasteiger partial charge in [-0.3, -0.25) is 5.10 Å². The first-order valence-corrected chi connectivity index (χ1v) is 4.81. The number of benzene rings is 1. The summed E-state index contributed by atoms with van der Waals surface area (Å²) in [5, 5.41) is 7.78. The monoisotopic (exact) mass is 179 g/mol. The molecule has 0 aliphatic heterocycles. The van der Waals surface area contributed by atoms with Crippen molar-refractivity contribution in [3.63, 3.8) is 0 Å². The van der Waals surface area contributed by atoms with E-state index < -0.39 is 0 Å². The molecule has 3 nitrogen and oxygen atoms in total. The lowest BCUT2D eigenvalue weighted by Crippen LogP contribution is -1.83. The van der Waals surface area contributed by atoms with Crippen LogP contribution in [0.5, 0.6) is 0 Å². The minimum absolute atomic E-state index is 0.567. The molecule has 0 saturated heterocycles. The number of nitrogen functional groups attached to an aromatic ring is 1. The van der Waals surface area contributed by atoms with Gasteiger partial charge in [0.2, 0.25) is 0 Å². The van der Waals surface area contributed by atoms with Crippen molar-refractivity contribution in [1.29, 1.82) is 0 Å². The number of fused-ring (bicyclic) bond motifs is 1. The van der Waals surface area contributed by atoms with Gasteiger partial charge in [-0.25, -0.2) is 0 Å². The third-order valence-electron chi connectivity index (χ3n) is 1.80. The summed E-state index contributed by atoms with van der Waals surface area (Å²) < 4.78 is 0. The summed E-state index contributed by atoms with van der Waals surface area (Å²) in [5.74, 6) is 0.567. The lowest BCUT2D eigenvalue weighted by molar-refractivity contribution is 1.12. The van der Waals surface area contributed by atoms with Gasteiger partial charge in [-0.2, -0.15) is 5.10 Å². The molecule has 0 aliphatic carbocycles. The molecule has 4 heteroatoms. The summed E-state index contributed by atoms with van der Waals surface area (Å²) >= 11 is 1.70. The molecule has 0 aliphatic rings. The zero-order valence-corrected chi connectivity index (χ0v) is 7.48. The third-order valence-corrected chi connectivity index (χ3v) is 2.52. The summed E-state index contributed by atoms with van der Waals surface area (Å²) in [6.07, 6.45) is 2.04. The Morgan fingerprint density at radius 3 is 3.08 bits per heavy atom. The molecule has 1 aromatic heterocycles.